The number of hydrogen-bond acceptors (Lipinski definition) is 4. The second kappa shape index (κ2) is 9.49. The molecule has 0 fully saturated rings. The van der Waals surface area contributed by atoms with E-state index in [9.17, 15) is 13.2 Å². The van der Waals surface area contributed by atoms with Gasteiger partial charge in [-0.2, -0.15) is 4.31 Å². The highest BCUT2D eigenvalue weighted by molar-refractivity contribution is 7.89. The van der Waals surface area contributed by atoms with Crippen LogP contribution < -0.4 is 10.1 Å². The van der Waals surface area contributed by atoms with Crippen LogP contribution in [0, 0.1) is 5.92 Å². The Morgan fingerprint density at radius 1 is 1.00 bits per heavy atom. The van der Waals surface area contributed by atoms with Crippen molar-refractivity contribution in [2.45, 2.75) is 24.8 Å². The summed E-state index contributed by atoms with van der Waals surface area (Å²) in [4.78, 5) is 12.9. The average molecular weight is 441 g/mol. The smallest absolute Gasteiger partial charge is 0.243 e. The Hall–Kier alpha value is -2.90. The highest BCUT2D eigenvalue weighted by Gasteiger charge is 2.25. The van der Waals surface area contributed by atoms with E-state index in [0.717, 1.165) is 26.4 Å². The Kier molecular flexibility index (Phi) is 6.97. The van der Waals surface area contributed by atoms with Gasteiger partial charge in [-0.1, -0.05) is 56.3 Å². The van der Waals surface area contributed by atoms with Gasteiger partial charge in [0.05, 0.1) is 24.6 Å². The first-order valence-electron chi connectivity index (χ1n) is 10.1. The summed E-state index contributed by atoms with van der Waals surface area (Å²) in [6, 6.07) is 19.8. The van der Waals surface area contributed by atoms with Crippen LogP contribution in [-0.2, 0) is 14.8 Å². The first-order valence-corrected chi connectivity index (χ1v) is 11.5. The zero-order valence-corrected chi connectivity index (χ0v) is 19.0. The van der Waals surface area contributed by atoms with Gasteiger partial charge in [0.25, 0.3) is 0 Å². The van der Waals surface area contributed by atoms with E-state index in [2.05, 4.69) is 5.32 Å². The molecule has 3 aromatic carbocycles. The number of ether oxygens (including phenoxy) is 1. The van der Waals surface area contributed by atoms with Gasteiger partial charge >= 0.3 is 0 Å². The van der Waals surface area contributed by atoms with Gasteiger partial charge in [0.1, 0.15) is 5.75 Å². The molecular formula is C24H28N2O4S. The van der Waals surface area contributed by atoms with Gasteiger partial charge in [-0.25, -0.2) is 8.42 Å². The molecule has 0 aliphatic carbocycles. The largest absolute Gasteiger partial charge is 0.497 e. The number of fused-ring (bicyclic) bond motifs is 1. The highest BCUT2D eigenvalue weighted by atomic mass is 32.2. The monoisotopic (exact) mass is 440 g/mol. The molecule has 0 saturated carbocycles. The third kappa shape index (κ3) is 5.24. The number of carbonyl (C=O) groups is 1. The van der Waals surface area contributed by atoms with E-state index in [1.54, 1.807) is 25.3 Å². The van der Waals surface area contributed by atoms with Gasteiger partial charge in [0.2, 0.25) is 15.9 Å². The number of methoxy groups -OCH3 is 1. The lowest BCUT2D eigenvalue weighted by molar-refractivity contribution is -0.122. The lowest BCUT2D eigenvalue weighted by atomic mass is 9.96. The summed E-state index contributed by atoms with van der Waals surface area (Å²) in [7, 11) is -0.781. The molecule has 6 nitrogen and oxygen atoms in total. The summed E-state index contributed by atoms with van der Waals surface area (Å²) in [5.74, 6) is 0.500. The number of benzene rings is 3. The fourth-order valence-electron chi connectivity index (χ4n) is 3.46. The van der Waals surface area contributed by atoms with Crippen molar-refractivity contribution in [3.63, 3.8) is 0 Å². The van der Waals surface area contributed by atoms with E-state index >= 15 is 0 Å². The van der Waals surface area contributed by atoms with Gasteiger partial charge in [-0.3, -0.25) is 4.79 Å². The van der Waals surface area contributed by atoms with Crippen LogP contribution in [0.1, 0.15) is 25.5 Å². The second-order valence-corrected chi connectivity index (χ2v) is 9.88. The Balaban J connectivity index is 1.73. The number of sulfonamides is 1. The average Bonchev–Trinajstić information content (AvgIpc) is 2.77. The number of likely N-dealkylation sites (N-methyl/N-ethyl adjacent to an activating group) is 1. The number of amides is 1. The summed E-state index contributed by atoms with van der Waals surface area (Å²) in [6.07, 6.45) is 0. The minimum Gasteiger partial charge on any atom is -0.497 e. The van der Waals surface area contributed by atoms with Crippen LogP contribution in [0.3, 0.4) is 0 Å². The molecule has 1 N–H and O–H groups in total. The van der Waals surface area contributed by atoms with Gasteiger partial charge in [-0.15, -0.1) is 0 Å². The molecule has 1 atom stereocenters. The SMILES string of the molecule is COc1ccc(C(NC(=O)CN(C)S(=O)(=O)c2ccc3ccccc3c2)C(C)C)cc1. The fourth-order valence-corrected chi connectivity index (χ4v) is 4.62. The predicted molar refractivity (Wildman–Crippen MR) is 122 cm³/mol. The Morgan fingerprint density at radius 3 is 2.26 bits per heavy atom. The molecule has 0 radical (unpaired) electrons. The van der Waals surface area contributed by atoms with Crippen molar-refractivity contribution in [2.24, 2.45) is 5.92 Å². The number of rotatable bonds is 8. The zero-order chi connectivity index (χ0) is 22.6. The highest BCUT2D eigenvalue weighted by Crippen LogP contribution is 2.24. The van der Waals surface area contributed by atoms with Gasteiger partial charge in [-0.05, 0) is 46.5 Å². The van der Waals surface area contributed by atoms with E-state index in [4.69, 9.17) is 4.74 Å². The molecule has 0 aliphatic heterocycles. The van der Waals surface area contributed by atoms with Gasteiger partial charge in [0.15, 0.2) is 0 Å². The minimum atomic E-state index is -3.80. The molecule has 0 saturated heterocycles. The summed E-state index contributed by atoms with van der Waals surface area (Å²) >= 11 is 0. The molecule has 0 heterocycles. The molecule has 0 spiro atoms. The van der Waals surface area contributed by atoms with Crippen molar-refractivity contribution in [1.29, 1.82) is 0 Å². The quantitative estimate of drug-likeness (QED) is 0.575. The third-order valence-corrected chi connectivity index (χ3v) is 7.05. The van der Waals surface area contributed by atoms with Gasteiger partial charge < -0.3 is 10.1 Å². The lowest BCUT2D eigenvalue weighted by Crippen LogP contribution is -2.41. The Morgan fingerprint density at radius 2 is 1.65 bits per heavy atom. The maximum atomic E-state index is 13.0. The van der Waals surface area contributed by atoms with E-state index in [1.807, 2.05) is 62.4 Å². The van der Waals surface area contributed by atoms with E-state index in [0.29, 0.717) is 0 Å². The van der Waals surface area contributed by atoms with Crippen LogP contribution in [0.15, 0.2) is 71.6 Å². The maximum Gasteiger partial charge on any atom is 0.243 e. The molecular weight excluding hydrogens is 412 g/mol. The van der Waals surface area contributed by atoms with Crippen LogP contribution in [0.2, 0.25) is 0 Å². The Bertz CT molecular complexity index is 1160. The third-order valence-electron chi connectivity index (χ3n) is 5.25. The summed E-state index contributed by atoms with van der Waals surface area (Å²) in [6.45, 7) is 3.74. The van der Waals surface area contributed by atoms with Crippen molar-refractivity contribution in [3.8, 4) is 5.75 Å². The standard InChI is InChI=1S/C24H28N2O4S/c1-17(2)24(19-9-12-21(30-4)13-10-19)25-23(27)16-26(3)31(28,29)22-14-11-18-7-5-6-8-20(18)15-22/h5-15,17,24H,16H2,1-4H3,(H,25,27). The van der Waals surface area contributed by atoms with Crippen LogP contribution in [0.25, 0.3) is 10.8 Å². The molecule has 0 aliphatic rings. The summed E-state index contributed by atoms with van der Waals surface area (Å²) < 4.78 is 32.3. The number of nitrogens with zero attached hydrogens (tertiary/aromatic N) is 1. The normalized spacial score (nSPS) is 12.8. The van der Waals surface area contributed by atoms with Crippen LogP contribution >= 0.6 is 0 Å². The molecule has 3 aromatic rings. The van der Waals surface area contributed by atoms with Crippen molar-refractivity contribution < 1.29 is 17.9 Å². The topological polar surface area (TPSA) is 75.7 Å². The minimum absolute atomic E-state index is 0.125. The Labute approximate surface area is 183 Å². The van der Waals surface area contributed by atoms with Crippen LogP contribution in [-0.4, -0.2) is 39.3 Å². The predicted octanol–water partition coefficient (Wildman–Crippen LogP) is 3.98. The van der Waals surface area contributed by atoms with Crippen molar-refractivity contribution in [1.82, 2.24) is 9.62 Å². The number of nitrogens with one attached hydrogen (secondary N) is 1. The molecule has 1 unspecified atom stereocenters. The zero-order valence-electron chi connectivity index (χ0n) is 18.2. The molecule has 31 heavy (non-hydrogen) atoms. The van der Waals surface area contributed by atoms with E-state index in [-0.39, 0.29) is 29.3 Å². The first kappa shape index (κ1) is 22.8. The number of carbonyl (C=O) groups excluding carboxylic acids is 1. The summed E-state index contributed by atoms with van der Waals surface area (Å²) in [5.41, 5.74) is 0.934. The van der Waals surface area contributed by atoms with Gasteiger partial charge in [0, 0.05) is 7.05 Å². The molecule has 7 heteroatoms. The molecule has 0 bridgehead atoms. The first-order chi connectivity index (χ1) is 14.7. The maximum absolute atomic E-state index is 13.0. The van der Waals surface area contributed by atoms with E-state index < -0.39 is 10.0 Å². The molecule has 1 amide bonds. The van der Waals surface area contributed by atoms with Crippen molar-refractivity contribution in [3.05, 3.63) is 72.3 Å². The van der Waals surface area contributed by atoms with Crippen molar-refractivity contribution >= 4 is 26.7 Å². The second-order valence-electron chi connectivity index (χ2n) is 7.83. The molecule has 164 valence electrons. The van der Waals surface area contributed by atoms with E-state index in [1.165, 1.54) is 7.05 Å². The lowest BCUT2D eigenvalue weighted by Gasteiger charge is -2.25. The van der Waals surface area contributed by atoms with Crippen LogP contribution in [0.5, 0.6) is 5.75 Å². The van der Waals surface area contributed by atoms with Crippen LogP contribution in [0.4, 0.5) is 0 Å². The van der Waals surface area contributed by atoms with Crippen molar-refractivity contribution in [2.75, 3.05) is 20.7 Å². The molecule has 3 rings (SSSR count). The number of hydrogen-bond donors (Lipinski definition) is 1. The summed E-state index contributed by atoms with van der Waals surface area (Å²) in [5, 5.41) is 4.76. The molecule has 0 aromatic heterocycles. The fraction of sp³-hybridized carbons (Fsp3) is 0.292.